The second-order valence-electron chi connectivity index (χ2n) is 4.29. The molecule has 8 nitrogen and oxygen atoms in total. The minimum absolute atomic E-state index is 0.102. The fourth-order valence-electron chi connectivity index (χ4n) is 1.83. The first-order valence-corrected chi connectivity index (χ1v) is 6.37. The molecule has 0 atom stereocenters. The topological polar surface area (TPSA) is 95.1 Å². The van der Waals surface area contributed by atoms with Gasteiger partial charge < -0.3 is 14.4 Å². The number of ether oxygens (including phenoxy) is 1. The molecule has 0 aliphatic carbocycles. The third kappa shape index (κ3) is 2.85. The Bertz CT molecular complexity index is 590. The van der Waals surface area contributed by atoms with Gasteiger partial charge in [0.05, 0.1) is 13.2 Å². The van der Waals surface area contributed by atoms with Gasteiger partial charge in [-0.1, -0.05) is 12.1 Å². The Hall–Kier alpha value is -2.22. The molecule has 20 heavy (non-hydrogen) atoms. The Morgan fingerprint density at radius 1 is 1.45 bits per heavy atom. The normalized spacial score (nSPS) is 10.9. The molecule has 0 saturated carbocycles. The first-order valence-electron chi connectivity index (χ1n) is 6.37. The van der Waals surface area contributed by atoms with Gasteiger partial charge >= 0.3 is 5.97 Å². The smallest absolute Gasteiger partial charge is 0.358 e. The lowest BCUT2D eigenvalue weighted by Crippen LogP contribution is -2.12. The van der Waals surface area contributed by atoms with E-state index in [9.17, 15) is 9.90 Å². The molecule has 108 valence electrons. The Morgan fingerprint density at radius 3 is 2.85 bits per heavy atom. The molecule has 2 rings (SSSR count). The van der Waals surface area contributed by atoms with Crippen molar-refractivity contribution in [3.05, 3.63) is 18.1 Å². The molecule has 2 aromatic heterocycles. The van der Waals surface area contributed by atoms with Crippen LogP contribution in [0.3, 0.4) is 0 Å². The van der Waals surface area contributed by atoms with Crippen LogP contribution in [0.5, 0.6) is 0 Å². The van der Waals surface area contributed by atoms with Gasteiger partial charge in [-0.3, -0.25) is 0 Å². The maximum atomic E-state index is 11.2. The second-order valence-corrected chi connectivity index (χ2v) is 4.29. The number of hydrogen-bond donors (Lipinski definition) is 1. The van der Waals surface area contributed by atoms with E-state index < -0.39 is 5.97 Å². The fourth-order valence-corrected chi connectivity index (χ4v) is 1.83. The molecule has 2 aromatic rings. The average Bonchev–Trinajstić information content (AvgIpc) is 3.00. The predicted molar refractivity (Wildman–Crippen MR) is 70.3 cm³/mol. The summed E-state index contributed by atoms with van der Waals surface area (Å²) < 4.78 is 8.64. The van der Waals surface area contributed by atoms with Crippen LogP contribution in [0.25, 0.3) is 11.5 Å². The maximum Gasteiger partial charge on any atom is 0.358 e. The fraction of sp³-hybridized carbons (Fsp3) is 0.500. The molecule has 0 aromatic carbocycles. The van der Waals surface area contributed by atoms with Crippen LogP contribution in [0, 0.1) is 0 Å². The molecule has 0 fully saturated rings. The largest absolute Gasteiger partial charge is 0.476 e. The lowest BCUT2D eigenvalue weighted by molar-refractivity contribution is 0.0691. The Balaban J connectivity index is 2.29. The van der Waals surface area contributed by atoms with Crippen LogP contribution in [0.1, 0.15) is 23.8 Å². The highest BCUT2D eigenvalue weighted by Gasteiger charge is 2.23. The van der Waals surface area contributed by atoms with E-state index in [1.807, 2.05) is 6.92 Å². The summed E-state index contributed by atoms with van der Waals surface area (Å²) in [6.45, 7) is 3.58. The van der Waals surface area contributed by atoms with E-state index >= 15 is 0 Å². The summed E-state index contributed by atoms with van der Waals surface area (Å²) in [5, 5.41) is 16.8. The first-order chi connectivity index (χ1) is 9.65. The maximum absolute atomic E-state index is 11.2. The number of carboxylic acid groups (broad SMARTS) is 1. The molecular weight excluding hydrogens is 262 g/mol. The van der Waals surface area contributed by atoms with Gasteiger partial charge in [-0.05, 0) is 6.42 Å². The van der Waals surface area contributed by atoms with Crippen LogP contribution in [-0.4, -0.2) is 48.8 Å². The summed E-state index contributed by atoms with van der Waals surface area (Å²) in [6, 6.07) is 0. The zero-order valence-electron chi connectivity index (χ0n) is 11.5. The van der Waals surface area contributed by atoms with E-state index in [1.54, 1.807) is 24.0 Å². The summed E-state index contributed by atoms with van der Waals surface area (Å²) >= 11 is 0. The number of aromatic nitrogens is 5. The molecule has 8 heteroatoms. The van der Waals surface area contributed by atoms with E-state index in [1.165, 1.54) is 4.68 Å². The molecular formula is C12H17N5O3. The van der Waals surface area contributed by atoms with Crippen molar-refractivity contribution in [1.29, 1.82) is 0 Å². The highest BCUT2D eigenvalue weighted by Crippen LogP contribution is 2.20. The van der Waals surface area contributed by atoms with Crippen molar-refractivity contribution < 1.29 is 14.6 Å². The predicted octanol–water partition coefficient (Wildman–Crippen LogP) is 0.803. The van der Waals surface area contributed by atoms with E-state index in [4.69, 9.17) is 4.74 Å². The van der Waals surface area contributed by atoms with Crippen molar-refractivity contribution in [2.75, 3.05) is 13.2 Å². The van der Waals surface area contributed by atoms with Crippen LogP contribution >= 0.6 is 0 Å². The number of carbonyl (C=O) groups is 1. The quantitative estimate of drug-likeness (QED) is 0.753. The average molecular weight is 279 g/mol. The molecule has 0 saturated heterocycles. The molecule has 0 bridgehead atoms. The van der Waals surface area contributed by atoms with Crippen molar-refractivity contribution in [1.82, 2.24) is 24.5 Å². The van der Waals surface area contributed by atoms with E-state index in [2.05, 4.69) is 15.3 Å². The summed E-state index contributed by atoms with van der Waals surface area (Å²) in [7, 11) is 1.79. The van der Waals surface area contributed by atoms with Gasteiger partial charge in [0.2, 0.25) is 5.69 Å². The number of imidazole rings is 1. The first kappa shape index (κ1) is 14.2. The standard InChI is InChI=1S/C12H17N5O3/c1-3-7-20-8-6-17-10(9(12(18)19)14-15-17)11-13-4-5-16(11)2/h4-5H,3,6-8H2,1-2H3,(H,18,19). The van der Waals surface area contributed by atoms with Crippen molar-refractivity contribution in [2.24, 2.45) is 7.05 Å². The number of nitrogens with zero attached hydrogens (tertiary/aromatic N) is 5. The van der Waals surface area contributed by atoms with Crippen LogP contribution in [0.4, 0.5) is 0 Å². The summed E-state index contributed by atoms with van der Waals surface area (Å²) in [5.74, 6) is -0.605. The lowest BCUT2D eigenvalue weighted by Gasteiger charge is -2.07. The molecule has 0 aliphatic heterocycles. The van der Waals surface area contributed by atoms with Gasteiger partial charge in [-0.25, -0.2) is 14.5 Å². The molecule has 0 unspecified atom stereocenters. The Morgan fingerprint density at radius 2 is 2.25 bits per heavy atom. The van der Waals surface area contributed by atoms with E-state index in [0.717, 1.165) is 6.42 Å². The highest BCUT2D eigenvalue weighted by molar-refractivity contribution is 5.91. The monoisotopic (exact) mass is 279 g/mol. The zero-order chi connectivity index (χ0) is 14.5. The van der Waals surface area contributed by atoms with Crippen molar-refractivity contribution in [3.8, 4) is 11.5 Å². The van der Waals surface area contributed by atoms with E-state index in [0.29, 0.717) is 31.3 Å². The van der Waals surface area contributed by atoms with Crippen LogP contribution in [0.15, 0.2) is 12.4 Å². The minimum atomic E-state index is -1.12. The number of hydrogen-bond acceptors (Lipinski definition) is 5. The summed E-state index contributed by atoms with van der Waals surface area (Å²) in [6.07, 6.45) is 4.28. The summed E-state index contributed by atoms with van der Waals surface area (Å²) in [4.78, 5) is 15.4. The third-order valence-electron chi connectivity index (χ3n) is 2.77. The van der Waals surface area contributed by atoms with Crippen molar-refractivity contribution >= 4 is 5.97 Å². The van der Waals surface area contributed by atoms with Gasteiger partial charge in [0, 0.05) is 26.0 Å². The van der Waals surface area contributed by atoms with Crippen LogP contribution < -0.4 is 0 Å². The molecule has 2 heterocycles. The van der Waals surface area contributed by atoms with Crippen molar-refractivity contribution in [3.63, 3.8) is 0 Å². The Labute approximate surface area is 116 Å². The number of aryl methyl sites for hydroxylation is 1. The zero-order valence-corrected chi connectivity index (χ0v) is 11.5. The SMILES string of the molecule is CCCOCCn1nnc(C(=O)O)c1-c1nccn1C. The van der Waals surface area contributed by atoms with Crippen molar-refractivity contribution in [2.45, 2.75) is 19.9 Å². The number of aromatic carboxylic acids is 1. The number of carboxylic acids is 1. The van der Waals surface area contributed by atoms with Gasteiger partial charge in [-0.15, -0.1) is 5.10 Å². The van der Waals surface area contributed by atoms with Crippen LogP contribution in [0.2, 0.25) is 0 Å². The van der Waals surface area contributed by atoms with Gasteiger partial charge in [-0.2, -0.15) is 0 Å². The summed E-state index contributed by atoms with van der Waals surface area (Å²) in [5.41, 5.74) is 0.292. The second kappa shape index (κ2) is 6.29. The number of rotatable bonds is 7. The third-order valence-corrected chi connectivity index (χ3v) is 2.77. The molecule has 0 radical (unpaired) electrons. The van der Waals surface area contributed by atoms with Gasteiger partial charge in [0.25, 0.3) is 0 Å². The minimum Gasteiger partial charge on any atom is -0.476 e. The van der Waals surface area contributed by atoms with Crippen LogP contribution in [-0.2, 0) is 18.3 Å². The molecule has 0 aliphatic rings. The highest BCUT2D eigenvalue weighted by atomic mass is 16.5. The van der Waals surface area contributed by atoms with Gasteiger partial charge in [0.1, 0.15) is 5.69 Å². The Kier molecular flexibility index (Phi) is 4.46. The lowest BCUT2D eigenvalue weighted by atomic mass is 10.3. The van der Waals surface area contributed by atoms with E-state index in [-0.39, 0.29) is 5.69 Å². The molecule has 0 spiro atoms. The van der Waals surface area contributed by atoms with Gasteiger partial charge in [0.15, 0.2) is 5.82 Å². The molecule has 0 amide bonds. The molecule has 1 N–H and O–H groups in total.